The number of likely N-dealkylation sites (N-methyl/N-ethyl adjacent to an activating group) is 3. The van der Waals surface area contributed by atoms with Gasteiger partial charge in [-0.1, -0.05) is 83.5 Å². The summed E-state index contributed by atoms with van der Waals surface area (Å²) in [4.78, 5) is 98.1. The molecule has 2 aromatic rings. The molecular weight excluding hydrogens is 897 g/mol. The van der Waals surface area contributed by atoms with Crippen molar-refractivity contribution in [3.8, 4) is 0 Å². The van der Waals surface area contributed by atoms with Gasteiger partial charge < -0.3 is 56.9 Å². The standard InChI is InChI=1S/C51H82N10O9/c1-12-33(4)45(60(9)43(63)31-56-50(67)44(32(2)3)59(7)8)41(69-10)29-42(62)61-27-17-21-40(61)46(70-11)34(5)47(64)58-39(28-35-18-14-13-15-19-35)48(65)55-30-36-22-24-37(25-23-36)57-49(66)38(53-6)20-16-26-54-51(52)68/h13-15,18-19,22-25,32-34,38-41,44-46,53H,12,16-17,20-21,26-31H2,1-11H3,(H,55,65)(H,56,67)(H,57,66)(H,58,64)(H3,52,54,68)/t33-,34+,38-,39-,40-,41+,44?,45?,46+/m0/s1. The number of nitrogens with two attached hydrogens (primary N) is 1. The molecular formula is C51H82N10O9. The average Bonchev–Trinajstić information content (AvgIpc) is 3.82. The number of ether oxygens (including phenoxy) is 2. The van der Waals surface area contributed by atoms with Crippen molar-refractivity contribution >= 4 is 47.2 Å². The van der Waals surface area contributed by atoms with Crippen LogP contribution in [0, 0.1) is 17.8 Å². The zero-order valence-corrected chi connectivity index (χ0v) is 43.3. The number of hydrogen-bond acceptors (Lipinski definition) is 11. The van der Waals surface area contributed by atoms with Gasteiger partial charge in [0.05, 0.1) is 55.3 Å². The molecule has 19 nitrogen and oxygen atoms in total. The Labute approximate surface area is 415 Å². The Morgan fingerprint density at radius 3 is 2.06 bits per heavy atom. The van der Waals surface area contributed by atoms with E-state index < -0.39 is 66.2 Å². The molecule has 0 radical (unpaired) electrons. The summed E-state index contributed by atoms with van der Waals surface area (Å²) in [5, 5.41) is 17.1. The fourth-order valence-corrected chi connectivity index (χ4v) is 9.39. The number of nitrogens with zero attached hydrogens (tertiary/aromatic N) is 3. The van der Waals surface area contributed by atoms with Gasteiger partial charge in [0, 0.05) is 53.0 Å². The number of carbonyl (C=O) groups excluding carboxylic acids is 7. The van der Waals surface area contributed by atoms with E-state index in [1.165, 1.54) is 14.2 Å². The van der Waals surface area contributed by atoms with Crippen molar-refractivity contribution in [3.63, 3.8) is 0 Å². The minimum Gasteiger partial charge on any atom is -0.379 e. The molecule has 8 N–H and O–H groups in total. The van der Waals surface area contributed by atoms with Crippen molar-refractivity contribution in [3.05, 3.63) is 65.7 Å². The van der Waals surface area contributed by atoms with E-state index in [2.05, 4.69) is 31.9 Å². The van der Waals surface area contributed by atoms with E-state index in [-0.39, 0.29) is 61.4 Å². The highest BCUT2D eigenvalue weighted by Crippen LogP contribution is 2.29. The number of nitrogens with one attached hydrogen (secondary N) is 6. The average molecular weight is 979 g/mol. The van der Waals surface area contributed by atoms with Crippen molar-refractivity contribution in [1.82, 2.24) is 41.3 Å². The van der Waals surface area contributed by atoms with Crippen LogP contribution in [0.2, 0.25) is 0 Å². The molecule has 0 bridgehead atoms. The third kappa shape index (κ3) is 17.6. The number of urea groups is 1. The van der Waals surface area contributed by atoms with Crippen LogP contribution < -0.4 is 37.6 Å². The topological polar surface area (TPSA) is 246 Å². The molecule has 0 aliphatic carbocycles. The summed E-state index contributed by atoms with van der Waals surface area (Å²) in [5.41, 5.74) is 7.31. The molecule has 1 heterocycles. The smallest absolute Gasteiger partial charge is 0.312 e. The number of hydrogen-bond donors (Lipinski definition) is 7. The molecule has 0 aromatic heterocycles. The van der Waals surface area contributed by atoms with Gasteiger partial charge in [-0.2, -0.15) is 0 Å². The summed E-state index contributed by atoms with van der Waals surface area (Å²) in [6.45, 7) is 10.4. The first-order chi connectivity index (χ1) is 33.3. The Bertz CT molecular complexity index is 1980. The first-order valence-electron chi connectivity index (χ1n) is 24.5. The molecule has 0 spiro atoms. The number of benzene rings is 2. The Morgan fingerprint density at radius 1 is 0.814 bits per heavy atom. The van der Waals surface area contributed by atoms with Gasteiger partial charge in [-0.3, -0.25) is 33.7 Å². The number of carbonyl (C=O) groups is 7. The van der Waals surface area contributed by atoms with E-state index >= 15 is 0 Å². The Morgan fingerprint density at radius 2 is 1.49 bits per heavy atom. The van der Waals surface area contributed by atoms with Gasteiger partial charge in [0.25, 0.3) is 0 Å². The maximum absolute atomic E-state index is 14.3. The van der Waals surface area contributed by atoms with Gasteiger partial charge >= 0.3 is 6.03 Å². The molecule has 19 heteroatoms. The van der Waals surface area contributed by atoms with Gasteiger partial charge in [-0.15, -0.1) is 0 Å². The van der Waals surface area contributed by atoms with E-state index in [1.54, 1.807) is 55.1 Å². The van der Waals surface area contributed by atoms with Crippen molar-refractivity contribution < 1.29 is 43.0 Å². The summed E-state index contributed by atoms with van der Waals surface area (Å²) in [7, 11) is 10.1. The number of rotatable bonds is 29. The van der Waals surface area contributed by atoms with E-state index in [0.717, 1.165) is 11.1 Å². The van der Waals surface area contributed by atoms with Gasteiger partial charge in [0.15, 0.2) is 0 Å². The van der Waals surface area contributed by atoms with Crippen LogP contribution in [0.5, 0.6) is 0 Å². The summed E-state index contributed by atoms with van der Waals surface area (Å²) in [6, 6.07) is 13.1. The fourth-order valence-electron chi connectivity index (χ4n) is 9.39. The number of primary amides is 1. The molecule has 390 valence electrons. The van der Waals surface area contributed by atoms with Crippen LogP contribution in [0.4, 0.5) is 10.5 Å². The zero-order valence-electron chi connectivity index (χ0n) is 43.3. The lowest BCUT2D eigenvalue weighted by Crippen LogP contribution is -2.55. The van der Waals surface area contributed by atoms with Gasteiger partial charge in [-0.05, 0) is 81.9 Å². The highest BCUT2D eigenvalue weighted by atomic mass is 16.5. The fraction of sp³-hybridized carbons (Fsp3) is 0.627. The maximum atomic E-state index is 14.3. The quantitative estimate of drug-likeness (QED) is 0.0585. The monoisotopic (exact) mass is 979 g/mol. The van der Waals surface area contributed by atoms with Crippen LogP contribution >= 0.6 is 0 Å². The van der Waals surface area contributed by atoms with Crippen molar-refractivity contribution in [1.29, 1.82) is 0 Å². The summed E-state index contributed by atoms with van der Waals surface area (Å²) >= 11 is 0. The number of likely N-dealkylation sites (tertiary alicyclic amines) is 1. The van der Waals surface area contributed by atoms with E-state index in [9.17, 15) is 33.6 Å². The minimum atomic E-state index is -0.941. The van der Waals surface area contributed by atoms with Crippen LogP contribution in [-0.4, -0.2) is 161 Å². The first kappa shape index (κ1) is 58.7. The van der Waals surface area contributed by atoms with Gasteiger partial charge in [-0.25, -0.2) is 4.79 Å². The molecule has 1 saturated heterocycles. The third-order valence-electron chi connectivity index (χ3n) is 13.4. The molecule has 8 amide bonds. The largest absolute Gasteiger partial charge is 0.379 e. The van der Waals surface area contributed by atoms with Crippen LogP contribution in [-0.2, 0) is 51.2 Å². The second-order valence-electron chi connectivity index (χ2n) is 18.9. The molecule has 70 heavy (non-hydrogen) atoms. The highest BCUT2D eigenvalue weighted by Gasteiger charge is 2.42. The van der Waals surface area contributed by atoms with E-state index in [0.29, 0.717) is 50.9 Å². The van der Waals surface area contributed by atoms with Crippen molar-refractivity contribution in [2.24, 2.45) is 23.5 Å². The molecule has 3 rings (SSSR count). The summed E-state index contributed by atoms with van der Waals surface area (Å²) in [6.07, 6.45) is 1.87. The predicted octanol–water partition coefficient (Wildman–Crippen LogP) is 2.63. The number of anilines is 1. The van der Waals surface area contributed by atoms with Crippen LogP contribution in [0.3, 0.4) is 0 Å². The van der Waals surface area contributed by atoms with Crippen LogP contribution in [0.15, 0.2) is 54.6 Å². The van der Waals surface area contributed by atoms with Crippen molar-refractivity contribution in [2.75, 3.05) is 67.4 Å². The Kier molecular flexibility index (Phi) is 24.8. The Balaban J connectivity index is 1.70. The number of amides is 8. The number of methoxy groups -OCH3 is 2. The SMILES string of the molecule is CC[C@H](C)C([C@@H](CC(=O)N1CCC[C@H]1[C@H](OC)[C@@H](C)C(=O)N[C@@H](Cc1ccccc1)C(=O)NCc1ccc(NC(=O)[C@H](CCCNC(N)=O)NC)cc1)OC)N(C)C(=O)CNC(=O)C(C(C)C)N(C)C. The normalized spacial score (nSPS) is 17.0. The lowest BCUT2D eigenvalue weighted by atomic mass is 9.90. The lowest BCUT2D eigenvalue weighted by molar-refractivity contribution is -0.146. The second kappa shape index (κ2) is 29.5. The lowest BCUT2D eigenvalue weighted by Gasteiger charge is -2.39. The minimum absolute atomic E-state index is 0.0224. The third-order valence-corrected chi connectivity index (χ3v) is 13.4. The molecule has 0 saturated carbocycles. The summed E-state index contributed by atoms with van der Waals surface area (Å²) < 4.78 is 12.0. The second-order valence-corrected chi connectivity index (χ2v) is 18.9. The molecule has 9 atom stereocenters. The molecule has 1 aliphatic heterocycles. The maximum Gasteiger partial charge on any atom is 0.312 e. The first-order valence-corrected chi connectivity index (χ1v) is 24.5. The zero-order chi connectivity index (χ0) is 52.1. The van der Waals surface area contributed by atoms with Crippen LogP contribution in [0.1, 0.15) is 84.3 Å². The van der Waals surface area contributed by atoms with Gasteiger partial charge in [0.2, 0.25) is 35.4 Å². The molecule has 2 aromatic carbocycles. The van der Waals surface area contributed by atoms with Crippen LogP contribution in [0.25, 0.3) is 0 Å². The highest BCUT2D eigenvalue weighted by molar-refractivity contribution is 5.95. The van der Waals surface area contributed by atoms with E-state index in [1.807, 2.05) is 77.0 Å². The summed E-state index contributed by atoms with van der Waals surface area (Å²) in [5.74, 6) is -2.53. The van der Waals surface area contributed by atoms with E-state index in [4.69, 9.17) is 15.2 Å². The molecule has 1 fully saturated rings. The van der Waals surface area contributed by atoms with Crippen molar-refractivity contribution in [2.45, 2.75) is 129 Å². The molecule has 2 unspecified atom stereocenters. The predicted molar refractivity (Wildman–Crippen MR) is 270 cm³/mol. The Hall–Kier alpha value is -5.63. The van der Waals surface area contributed by atoms with Gasteiger partial charge in [0.1, 0.15) is 6.04 Å². The molecule has 1 aliphatic rings.